The molecule has 1 amide bonds. The molecule has 1 N–H and O–H groups in total. The van der Waals surface area contributed by atoms with Crippen LogP contribution in [0.25, 0.3) is 0 Å². The van der Waals surface area contributed by atoms with Gasteiger partial charge < -0.3 is 9.88 Å². The van der Waals surface area contributed by atoms with E-state index in [4.69, 9.17) is 11.6 Å². The monoisotopic (exact) mass is 504 g/mol. The number of benzene rings is 2. The van der Waals surface area contributed by atoms with Crippen LogP contribution in [0.1, 0.15) is 16.2 Å². The molecule has 0 fully saturated rings. The summed E-state index contributed by atoms with van der Waals surface area (Å²) >= 11 is 10.5. The number of amides is 1. The van der Waals surface area contributed by atoms with Crippen LogP contribution in [-0.2, 0) is 17.8 Å². The lowest BCUT2D eigenvalue weighted by Gasteiger charge is -2.08. The van der Waals surface area contributed by atoms with Crippen molar-refractivity contribution in [3.8, 4) is 0 Å². The highest BCUT2D eigenvalue weighted by atomic mass is 79.9. The van der Waals surface area contributed by atoms with E-state index >= 15 is 0 Å². The number of hydrogen-bond acceptors (Lipinski definition) is 5. The van der Waals surface area contributed by atoms with Gasteiger partial charge in [-0.25, -0.2) is 0 Å². The molecule has 9 heteroatoms. The van der Waals surface area contributed by atoms with E-state index in [1.54, 1.807) is 47.0 Å². The molecule has 0 aliphatic carbocycles. The Labute approximate surface area is 191 Å². The van der Waals surface area contributed by atoms with E-state index in [9.17, 15) is 9.59 Å². The summed E-state index contributed by atoms with van der Waals surface area (Å²) in [6, 6.07) is 14.1. The van der Waals surface area contributed by atoms with Crippen molar-refractivity contribution in [2.24, 2.45) is 0 Å². The number of nitrogens with one attached hydrogen (secondary N) is 1. The van der Waals surface area contributed by atoms with E-state index in [0.717, 1.165) is 4.47 Å². The lowest BCUT2D eigenvalue weighted by atomic mass is 10.2. The van der Waals surface area contributed by atoms with Gasteiger partial charge in [0, 0.05) is 27.3 Å². The number of Topliss-reactive ketones (excluding diaryl/α,β-unsaturated/α-hetero) is 1. The maximum Gasteiger partial charge on any atom is 0.232 e. The van der Waals surface area contributed by atoms with Crippen LogP contribution in [0.15, 0.2) is 70.8 Å². The predicted molar refractivity (Wildman–Crippen MR) is 123 cm³/mol. The molecule has 0 aliphatic heterocycles. The van der Waals surface area contributed by atoms with Crippen molar-refractivity contribution >= 4 is 56.7 Å². The lowest BCUT2D eigenvalue weighted by molar-refractivity contribution is -0.115. The van der Waals surface area contributed by atoms with Gasteiger partial charge in [0.25, 0.3) is 0 Å². The number of carbonyl (C=O) groups is 2. The summed E-state index contributed by atoms with van der Waals surface area (Å²) in [6.45, 7) is 4.19. The van der Waals surface area contributed by atoms with Crippen LogP contribution < -0.4 is 5.32 Å². The maximum atomic E-state index is 12.4. The predicted octanol–water partition coefficient (Wildman–Crippen LogP) is 5.04. The summed E-state index contributed by atoms with van der Waals surface area (Å²) in [6.07, 6.45) is 1.75. The van der Waals surface area contributed by atoms with Crippen molar-refractivity contribution in [1.29, 1.82) is 0 Å². The first-order valence-electron chi connectivity index (χ1n) is 8.96. The van der Waals surface area contributed by atoms with E-state index in [0.29, 0.717) is 33.8 Å². The zero-order chi connectivity index (χ0) is 21.5. The molecule has 0 bridgehead atoms. The third-order valence-corrected chi connectivity index (χ3v) is 5.80. The highest BCUT2D eigenvalue weighted by molar-refractivity contribution is 9.10. The van der Waals surface area contributed by atoms with E-state index in [-0.39, 0.29) is 23.9 Å². The Bertz CT molecular complexity index is 1050. The normalized spacial score (nSPS) is 10.6. The second-order valence-corrected chi connectivity index (χ2v) is 8.54. The molecule has 1 aromatic heterocycles. The Morgan fingerprint density at radius 2 is 1.83 bits per heavy atom. The molecular weight excluding hydrogens is 488 g/mol. The fraction of sp³-hybridized carbons (Fsp3) is 0.143. The van der Waals surface area contributed by atoms with Gasteiger partial charge in [-0.05, 0) is 36.4 Å². The first-order chi connectivity index (χ1) is 14.5. The first-order valence-corrected chi connectivity index (χ1v) is 11.1. The van der Waals surface area contributed by atoms with Crippen molar-refractivity contribution in [3.63, 3.8) is 0 Å². The van der Waals surface area contributed by atoms with Crippen molar-refractivity contribution in [3.05, 3.63) is 82.1 Å². The Kier molecular flexibility index (Phi) is 7.84. The number of thioether (sulfide) groups is 1. The average Bonchev–Trinajstić information content (AvgIpc) is 3.10. The maximum absolute atomic E-state index is 12.4. The van der Waals surface area contributed by atoms with Gasteiger partial charge in [-0.1, -0.05) is 57.5 Å². The highest BCUT2D eigenvalue weighted by Gasteiger charge is 2.17. The number of halogens is 2. The number of nitrogens with zero attached hydrogens (tertiary/aromatic N) is 3. The lowest BCUT2D eigenvalue weighted by Crippen LogP contribution is -2.17. The van der Waals surface area contributed by atoms with Gasteiger partial charge in [0.1, 0.15) is 5.82 Å². The number of hydrogen-bond donors (Lipinski definition) is 1. The fourth-order valence-electron chi connectivity index (χ4n) is 2.60. The zero-order valence-electron chi connectivity index (χ0n) is 15.8. The van der Waals surface area contributed by atoms with E-state index in [1.807, 2.05) is 12.1 Å². The number of allylic oxidation sites excluding steroid dienone is 1. The van der Waals surface area contributed by atoms with Gasteiger partial charge >= 0.3 is 0 Å². The highest BCUT2D eigenvalue weighted by Crippen LogP contribution is 2.20. The molecule has 0 unspecified atom stereocenters. The van der Waals surface area contributed by atoms with Crippen LogP contribution in [-0.4, -0.2) is 32.2 Å². The molecule has 0 radical (unpaired) electrons. The Balaban J connectivity index is 1.65. The van der Waals surface area contributed by atoms with Crippen LogP contribution >= 0.6 is 39.3 Å². The standard InChI is InChI=1S/C21H18BrClN4O2S/c1-2-11-27-19(12-20(29)24-17-9-7-16(23)8-10-17)25-26-21(27)30-13-18(28)14-3-5-15(22)6-4-14/h2-10H,1,11-13H2,(H,24,29). The number of rotatable bonds is 9. The van der Waals surface area contributed by atoms with Crippen molar-refractivity contribution in [1.82, 2.24) is 14.8 Å². The summed E-state index contributed by atoms with van der Waals surface area (Å²) in [7, 11) is 0. The van der Waals surface area contributed by atoms with Crippen LogP contribution in [0.3, 0.4) is 0 Å². The number of anilines is 1. The van der Waals surface area contributed by atoms with Gasteiger partial charge in [-0.3, -0.25) is 9.59 Å². The molecule has 0 atom stereocenters. The molecule has 3 aromatic rings. The van der Waals surface area contributed by atoms with E-state index < -0.39 is 0 Å². The third kappa shape index (κ3) is 6.04. The van der Waals surface area contributed by atoms with Gasteiger partial charge in [0.2, 0.25) is 5.91 Å². The molecule has 2 aromatic carbocycles. The first kappa shape index (κ1) is 22.3. The van der Waals surface area contributed by atoms with E-state index in [2.05, 4.69) is 38.0 Å². The molecule has 0 saturated heterocycles. The minimum absolute atomic E-state index is 0.0114. The summed E-state index contributed by atoms with van der Waals surface area (Å²) in [5.74, 6) is 0.480. The molecule has 3 rings (SSSR count). The molecule has 30 heavy (non-hydrogen) atoms. The molecule has 0 aliphatic rings. The van der Waals surface area contributed by atoms with Gasteiger partial charge in [-0.15, -0.1) is 16.8 Å². The van der Waals surface area contributed by atoms with Crippen LogP contribution in [0.4, 0.5) is 5.69 Å². The molecule has 154 valence electrons. The van der Waals surface area contributed by atoms with Crippen LogP contribution in [0.5, 0.6) is 0 Å². The minimum atomic E-state index is -0.225. The second kappa shape index (κ2) is 10.6. The third-order valence-electron chi connectivity index (χ3n) is 4.05. The van der Waals surface area contributed by atoms with Crippen LogP contribution in [0.2, 0.25) is 5.02 Å². The number of carbonyl (C=O) groups excluding carboxylic acids is 2. The number of ketones is 1. The summed E-state index contributed by atoms with van der Waals surface area (Å²) in [5.41, 5.74) is 1.27. The summed E-state index contributed by atoms with van der Waals surface area (Å²) < 4.78 is 2.70. The quantitative estimate of drug-likeness (QED) is 0.251. The smallest absolute Gasteiger partial charge is 0.232 e. The van der Waals surface area contributed by atoms with Gasteiger partial charge in [-0.2, -0.15) is 0 Å². The Hall–Kier alpha value is -2.42. The molecular formula is C21H18BrClN4O2S. The van der Waals surface area contributed by atoms with Crippen molar-refractivity contribution < 1.29 is 9.59 Å². The SMILES string of the molecule is C=CCn1c(CC(=O)Nc2ccc(Cl)cc2)nnc1SCC(=O)c1ccc(Br)cc1. The Morgan fingerprint density at radius 1 is 1.13 bits per heavy atom. The molecule has 0 spiro atoms. The topological polar surface area (TPSA) is 76.9 Å². The van der Waals surface area contributed by atoms with E-state index in [1.165, 1.54) is 11.8 Å². The van der Waals surface area contributed by atoms with Crippen molar-refractivity contribution in [2.75, 3.05) is 11.1 Å². The zero-order valence-corrected chi connectivity index (χ0v) is 19.0. The summed E-state index contributed by atoms with van der Waals surface area (Å²) in [4.78, 5) is 24.8. The fourth-order valence-corrected chi connectivity index (χ4v) is 3.85. The largest absolute Gasteiger partial charge is 0.326 e. The average molecular weight is 506 g/mol. The summed E-state index contributed by atoms with van der Waals surface area (Å²) in [5, 5.41) is 12.3. The number of aromatic nitrogens is 3. The second-order valence-electron chi connectivity index (χ2n) is 6.25. The van der Waals surface area contributed by atoms with Crippen molar-refractivity contribution in [2.45, 2.75) is 18.1 Å². The van der Waals surface area contributed by atoms with Gasteiger partial charge in [0.05, 0.1) is 12.2 Å². The molecule has 0 saturated carbocycles. The van der Waals surface area contributed by atoms with Gasteiger partial charge in [0.15, 0.2) is 10.9 Å². The Morgan fingerprint density at radius 3 is 2.50 bits per heavy atom. The molecule has 6 nitrogen and oxygen atoms in total. The van der Waals surface area contributed by atoms with Crippen LogP contribution in [0, 0.1) is 0 Å². The minimum Gasteiger partial charge on any atom is -0.326 e. The molecule has 1 heterocycles.